The summed E-state index contributed by atoms with van der Waals surface area (Å²) in [7, 11) is 1.63. The van der Waals surface area contributed by atoms with Crippen LogP contribution in [0.5, 0.6) is 5.75 Å². The molecular weight excluding hydrogens is 402 g/mol. The second kappa shape index (κ2) is 8.20. The predicted octanol–water partition coefficient (Wildman–Crippen LogP) is 3.76. The Bertz CT molecular complexity index is 780. The third kappa shape index (κ3) is 4.86. The molecule has 0 aromatic carbocycles. The highest BCUT2D eigenvalue weighted by Crippen LogP contribution is 2.52. The molecule has 1 fully saturated rings. The fourth-order valence-corrected chi connectivity index (χ4v) is 5.11. The van der Waals surface area contributed by atoms with Gasteiger partial charge in [0.05, 0.1) is 19.3 Å². The Kier molecular flexibility index (Phi) is 6.33. The predicted molar refractivity (Wildman–Crippen MR) is 118 cm³/mol. The summed E-state index contributed by atoms with van der Waals surface area (Å²) in [4.78, 5) is 18.9. The fraction of sp³-hybridized carbons (Fsp3) is 0.727. The van der Waals surface area contributed by atoms with Crippen molar-refractivity contribution in [3.63, 3.8) is 0 Å². The number of rotatable bonds is 3. The van der Waals surface area contributed by atoms with Crippen molar-refractivity contribution in [3.05, 3.63) is 23.5 Å². The molecule has 1 amide bonds. The van der Waals surface area contributed by atoms with Crippen LogP contribution < -0.4 is 9.46 Å². The summed E-state index contributed by atoms with van der Waals surface area (Å²) in [5.74, 6) is 0.699. The quantitative estimate of drug-likeness (QED) is 0.725. The fourth-order valence-electron chi connectivity index (χ4n) is 4.16. The van der Waals surface area contributed by atoms with Crippen LogP contribution in [-0.2, 0) is 22.5 Å². The van der Waals surface area contributed by atoms with E-state index in [1.807, 2.05) is 47.6 Å². The zero-order valence-electron chi connectivity index (χ0n) is 19.2. The Balaban J connectivity index is 1.83. The molecule has 1 aliphatic heterocycles. The van der Waals surface area contributed by atoms with E-state index < -0.39 is 17.0 Å². The number of carbonyl (C=O) groups excluding carboxylic acids is 1. The number of likely N-dealkylation sites (tertiary alicyclic amines) is 1. The van der Waals surface area contributed by atoms with Crippen LogP contribution in [0.1, 0.15) is 71.7 Å². The van der Waals surface area contributed by atoms with Gasteiger partial charge in [-0.25, -0.2) is 4.79 Å². The molecule has 1 aliphatic carbocycles. The molecule has 7 nitrogen and oxygen atoms in total. The van der Waals surface area contributed by atoms with Crippen LogP contribution in [0.15, 0.2) is 12.3 Å². The first-order valence-corrected chi connectivity index (χ1v) is 11.7. The van der Waals surface area contributed by atoms with Crippen LogP contribution in [0.3, 0.4) is 0 Å². The molecular formula is C22H35N3O4S. The third-order valence-corrected chi connectivity index (χ3v) is 7.41. The van der Waals surface area contributed by atoms with Gasteiger partial charge in [-0.2, -0.15) is 0 Å². The Hall–Kier alpha value is -1.51. The van der Waals surface area contributed by atoms with Crippen molar-refractivity contribution in [1.29, 1.82) is 0 Å². The average molecular weight is 438 g/mol. The van der Waals surface area contributed by atoms with Gasteiger partial charge in [0.25, 0.3) is 0 Å². The molecule has 1 spiro atoms. The number of fused-ring (bicyclic) bond motifs is 1. The number of hydrogen-bond donors (Lipinski definition) is 1. The van der Waals surface area contributed by atoms with Gasteiger partial charge in [-0.3, -0.25) is 4.98 Å². The second-order valence-electron chi connectivity index (χ2n) is 10.3. The molecule has 0 bridgehead atoms. The van der Waals surface area contributed by atoms with E-state index in [-0.39, 0.29) is 22.3 Å². The normalized spacial score (nSPS) is 22.0. The van der Waals surface area contributed by atoms with Crippen LogP contribution in [0, 0.1) is 5.41 Å². The molecule has 0 saturated carbocycles. The van der Waals surface area contributed by atoms with Gasteiger partial charge in [0.15, 0.2) is 0 Å². The molecule has 30 heavy (non-hydrogen) atoms. The largest absolute Gasteiger partial charge is 0.598 e. The van der Waals surface area contributed by atoms with Crippen LogP contribution in [0.25, 0.3) is 0 Å². The lowest BCUT2D eigenvalue weighted by Gasteiger charge is -2.43. The van der Waals surface area contributed by atoms with Gasteiger partial charge in [-0.05, 0) is 72.4 Å². The molecule has 1 aromatic heterocycles. The smallest absolute Gasteiger partial charge is 0.410 e. The topological polar surface area (TPSA) is 86.8 Å². The molecule has 3 rings (SSSR count). The average Bonchev–Trinajstić information content (AvgIpc) is 2.92. The number of pyridine rings is 1. The third-order valence-electron chi connectivity index (χ3n) is 5.85. The Morgan fingerprint density at radius 3 is 2.43 bits per heavy atom. The van der Waals surface area contributed by atoms with E-state index in [2.05, 4.69) is 9.71 Å². The summed E-state index contributed by atoms with van der Waals surface area (Å²) in [6.45, 7) is 12.8. The minimum atomic E-state index is -1.23. The maximum atomic E-state index is 13.0. The highest BCUT2D eigenvalue weighted by molar-refractivity contribution is 7.90. The van der Waals surface area contributed by atoms with E-state index in [0.29, 0.717) is 18.8 Å². The van der Waals surface area contributed by atoms with E-state index in [1.165, 1.54) is 0 Å². The molecule has 0 radical (unpaired) electrons. The molecule has 8 heteroatoms. The number of hydrogen-bond acceptors (Lipinski definition) is 6. The molecule has 1 aromatic rings. The van der Waals surface area contributed by atoms with Gasteiger partial charge < -0.3 is 18.9 Å². The van der Waals surface area contributed by atoms with Crippen molar-refractivity contribution in [1.82, 2.24) is 14.6 Å². The van der Waals surface area contributed by atoms with Crippen molar-refractivity contribution < 1.29 is 18.8 Å². The van der Waals surface area contributed by atoms with E-state index in [0.717, 1.165) is 30.5 Å². The molecule has 2 aliphatic rings. The molecule has 2 atom stereocenters. The van der Waals surface area contributed by atoms with Crippen molar-refractivity contribution in [3.8, 4) is 5.75 Å². The summed E-state index contributed by atoms with van der Waals surface area (Å²) in [6.07, 6.45) is 3.86. The van der Waals surface area contributed by atoms with Crippen molar-refractivity contribution in [2.24, 2.45) is 5.41 Å². The minimum absolute atomic E-state index is 0.101. The first-order valence-electron chi connectivity index (χ1n) is 10.5. The second-order valence-corrected chi connectivity index (χ2v) is 12.3. The zero-order chi connectivity index (χ0) is 22.3. The Morgan fingerprint density at radius 1 is 1.27 bits per heavy atom. The number of nitrogens with zero attached hydrogens (tertiary/aromatic N) is 2. The van der Waals surface area contributed by atoms with E-state index in [4.69, 9.17) is 9.47 Å². The highest BCUT2D eigenvalue weighted by atomic mass is 32.2. The number of ether oxygens (including phenoxy) is 2. The van der Waals surface area contributed by atoms with Crippen LogP contribution in [-0.4, -0.2) is 51.1 Å². The number of nitrogens with one attached hydrogen (secondary N) is 1. The molecule has 2 unspecified atom stereocenters. The number of amides is 1. The summed E-state index contributed by atoms with van der Waals surface area (Å²) >= 11 is -1.23. The molecule has 1 saturated heterocycles. The standard InChI is InChI=1S/C22H35N3O4S/c1-20(2,3)29-19(26)25-10-8-22(9-11-25)13-17-16(12-15(28-7)14-23-17)18(22)24-30(27)21(4,5)6/h12,14,18,24H,8-11,13H2,1-7H3. The van der Waals surface area contributed by atoms with Crippen LogP contribution >= 0.6 is 0 Å². The van der Waals surface area contributed by atoms with Crippen LogP contribution in [0.2, 0.25) is 0 Å². The molecule has 168 valence electrons. The summed E-state index contributed by atoms with van der Waals surface area (Å²) < 4.78 is 27.0. The number of piperidine rings is 1. The number of methoxy groups -OCH3 is 1. The maximum Gasteiger partial charge on any atom is 0.410 e. The van der Waals surface area contributed by atoms with Crippen molar-refractivity contribution >= 4 is 17.5 Å². The SMILES string of the molecule is COc1cnc2c(c1)C(N[S+]([O-])C(C)(C)C)C1(CCN(C(=O)OC(C)(C)C)CC1)C2. The zero-order valence-corrected chi connectivity index (χ0v) is 20.0. The van der Waals surface area contributed by atoms with E-state index in [9.17, 15) is 9.35 Å². The van der Waals surface area contributed by atoms with Gasteiger partial charge in [-0.15, -0.1) is 4.72 Å². The van der Waals surface area contributed by atoms with Crippen molar-refractivity contribution in [2.45, 2.75) is 77.2 Å². The minimum Gasteiger partial charge on any atom is -0.598 e. The van der Waals surface area contributed by atoms with Gasteiger partial charge in [0.1, 0.15) is 16.1 Å². The number of aromatic nitrogens is 1. The van der Waals surface area contributed by atoms with Crippen LogP contribution in [0.4, 0.5) is 4.79 Å². The van der Waals surface area contributed by atoms with Crippen molar-refractivity contribution in [2.75, 3.05) is 20.2 Å². The van der Waals surface area contributed by atoms with Gasteiger partial charge in [0, 0.05) is 35.6 Å². The lowest BCUT2D eigenvalue weighted by atomic mass is 9.73. The Labute approximate surface area is 183 Å². The monoisotopic (exact) mass is 437 g/mol. The van der Waals surface area contributed by atoms with Gasteiger partial charge >= 0.3 is 6.09 Å². The lowest BCUT2D eigenvalue weighted by Crippen LogP contribution is -2.51. The molecule has 1 N–H and O–H groups in total. The van der Waals surface area contributed by atoms with Gasteiger partial charge in [-0.1, -0.05) is 0 Å². The van der Waals surface area contributed by atoms with E-state index in [1.54, 1.807) is 18.2 Å². The van der Waals surface area contributed by atoms with E-state index >= 15 is 0 Å². The first-order chi connectivity index (χ1) is 13.8. The summed E-state index contributed by atoms with van der Waals surface area (Å²) in [6, 6.07) is 1.91. The van der Waals surface area contributed by atoms with Gasteiger partial charge in [0.2, 0.25) is 0 Å². The lowest BCUT2D eigenvalue weighted by molar-refractivity contribution is 0.00711. The Morgan fingerprint density at radius 2 is 1.90 bits per heavy atom. The summed E-state index contributed by atoms with van der Waals surface area (Å²) in [5.41, 5.74) is 1.42. The number of carbonyl (C=O) groups is 1. The molecule has 2 heterocycles. The first kappa shape index (κ1) is 23.2. The summed E-state index contributed by atoms with van der Waals surface area (Å²) in [5, 5.41) is 0. The highest BCUT2D eigenvalue weighted by Gasteiger charge is 2.52. The maximum absolute atomic E-state index is 13.0.